The molecule has 32 heavy (non-hydrogen) atoms. The lowest BCUT2D eigenvalue weighted by Crippen LogP contribution is -2.55. The summed E-state index contributed by atoms with van der Waals surface area (Å²) in [5, 5.41) is 10.3. The number of hydrogen-bond acceptors (Lipinski definition) is 4. The first kappa shape index (κ1) is 21.6. The largest absolute Gasteiger partial charge is 0.368 e. The average Bonchev–Trinajstić information content (AvgIpc) is 3.23. The molecule has 1 N–H and O–H groups in total. The van der Waals surface area contributed by atoms with E-state index in [4.69, 9.17) is 23.2 Å². The number of piperazine rings is 1. The molecule has 0 unspecified atom stereocenters. The zero-order valence-corrected chi connectivity index (χ0v) is 19.4. The summed E-state index contributed by atoms with van der Waals surface area (Å²) in [5.74, 6) is 0.262. The summed E-state index contributed by atoms with van der Waals surface area (Å²) in [4.78, 5) is 17.2. The van der Waals surface area contributed by atoms with Crippen LogP contribution in [0.5, 0.6) is 0 Å². The second-order valence-corrected chi connectivity index (χ2v) is 9.44. The Morgan fingerprint density at radius 3 is 2.66 bits per heavy atom. The fraction of sp³-hybridized carbons (Fsp3) is 0.417. The Hall–Kier alpha value is -2.28. The molecule has 5 rings (SSSR count). The van der Waals surface area contributed by atoms with Gasteiger partial charge in [-0.1, -0.05) is 35.7 Å². The fourth-order valence-corrected chi connectivity index (χ4v) is 5.13. The number of fused-ring (bicyclic) bond motifs is 1. The molecule has 2 saturated heterocycles. The zero-order chi connectivity index (χ0) is 22.1. The molecule has 0 aliphatic carbocycles. The standard InChI is InChI=1S/C24H27Cl2N5O/c25-19-6-4-18(21(26)13-19)16-31-23-14-20(7-5-17(23)15-28-31)29-9-11-30(12-10-29)24(32)22-3-1-2-8-27-22/h4-7,13-15,22,27H,1-3,8-12,16H2/t22-/m1/s1. The number of nitrogens with zero attached hydrogens (tertiary/aromatic N) is 4. The Labute approximate surface area is 198 Å². The van der Waals surface area contributed by atoms with Crippen molar-refractivity contribution in [2.75, 3.05) is 37.6 Å². The van der Waals surface area contributed by atoms with E-state index in [0.717, 1.165) is 67.7 Å². The molecule has 1 aromatic heterocycles. The molecule has 3 aromatic rings. The summed E-state index contributed by atoms with van der Waals surface area (Å²) in [6, 6.07) is 12.0. The Bertz CT molecular complexity index is 1120. The van der Waals surface area contributed by atoms with Gasteiger partial charge in [-0.25, -0.2) is 0 Å². The van der Waals surface area contributed by atoms with Gasteiger partial charge >= 0.3 is 0 Å². The van der Waals surface area contributed by atoms with Crippen molar-refractivity contribution in [3.8, 4) is 0 Å². The van der Waals surface area contributed by atoms with Crippen LogP contribution in [0.4, 0.5) is 5.69 Å². The first-order chi connectivity index (χ1) is 15.6. The lowest BCUT2D eigenvalue weighted by Gasteiger charge is -2.38. The van der Waals surface area contributed by atoms with Crippen LogP contribution >= 0.6 is 23.2 Å². The van der Waals surface area contributed by atoms with Crippen LogP contribution in [0.2, 0.25) is 10.0 Å². The second-order valence-electron chi connectivity index (χ2n) is 8.60. The van der Waals surface area contributed by atoms with Crippen molar-refractivity contribution in [2.24, 2.45) is 0 Å². The highest BCUT2D eigenvalue weighted by Gasteiger charge is 2.28. The summed E-state index contributed by atoms with van der Waals surface area (Å²) in [6.07, 6.45) is 5.15. The number of carbonyl (C=O) groups is 1. The van der Waals surface area contributed by atoms with Crippen LogP contribution in [0.25, 0.3) is 10.9 Å². The number of amides is 1. The quantitative estimate of drug-likeness (QED) is 0.619. The third kappa shape index (κ3) is 4.45. The molecule has 0 saturated carbocycles. The maximum absolute atomic E-state index is 12.8. The van der Waals surface area contributed by atoms with Crippen LogP contribution in [-0.4, -0.2) is 59.4 Å². The summed E-state index contributed by atoms with van der Waals surface area (Å²) in [5.41, 5.74) is 3.21. The van der Waals surface area contributed by atoms with E-state index in [1.54, 1.807) is 6.07 Å². The molecule has 0 radical (unpaired) electrons. The number of hydrogen-bond donors (Lipinski definition) is 1. The first-order valence-electron chi connectivity index (χ1n) is 11.2. The molecule has 168 valence electrons. The number of piperidine rings is 1. The molecule has 1 amide bonds. The maximum atomic E-state index is 12.8. The molecule has 6 nitrogen and oxygen atoms in total. The summed E-state index contributed by atoms with van der Waals surface area (Å²) < 4.78 is 1.97. The van der Waals surface area contributed by atoms with Gasteiger partial charge in [0, 0.05) is 47.3 Å². The molecule has 0 spiro atoms. The van der Waals surface area contributed by atoms with Crippen molar-refractivity contribution in [1.82, 2.24) is 20.0 Å². The number of halogens is 2. The van der Waals surface area contributed by atoms with Gasteiger partial charge in [-0.15, -0.1) is 0 Å². The van der Waals surface area contributed by atoms with Crippen molar-refractivity contribution >= 4 is 45.7 Å². The van der Waals surface area contributed by atoms with Crippen LogP contribution in [-0.2, 0) is 11.3 Å². The first-order valence-corrected chi connectivity index (χ1v) is 12.0. The van der Waals surface area contributed by atoms with E-state index in [0.29, 0.717) is 16.6 Å². The number of aromatic nitrogens is 2. The SMILES string of the molecule is O=C([C@H]1CCCCN1)N1CCN(c2ccc3cnn(Cc4ccc(Cl)cc4Cl)c3c2)CC1. The van der Waals surface area contributed by atoms with E-state index in [9.17, 15) is 4.79 Å². The third-order valence-electron chi connectivity index (χ3n) is 6.53. The van der Waals surface area contributed by atoms with E-state index in [1.807, 2.05) is 27.9 Å². The predicted molar refractivity (Wildman–Crippen MR) is 130 cm³/mol. The number of carbonyl (C=O) groups excluding carboxylic acids is 1. The molecule has 1 atom stereocenters. The van der Waals surface area contributed by atoms with E-state index in [2.05, 4.69) is 33.5 Å². The molecular weight excluding hydrogens is 445 g/mol. The molecular formula is C24H27Cl2N5O. The number of nitrogens with one attached hydrogen (secondary N) is 1. The van der Waals surface area contributed by atoms with Gasteiger partial charge in [0.1, 0.15) is 0 Å². The van der Waals surface area contributed by atoms with E-state index in [-0.39, 0.29) is 11.9 Å². The summed E-state index contributed by atoms with van der Waals surface area (Å²) >= 11 is 12.4. The van der Waals surface area contributed by atoms with Gasteiger partial charge in [-0.2, -0.15) is 5.10 Å². The Kier molecular flexibility index (Phi) is 6.26. The van der Waals surface area contributed by atoms with Gasteiger partial charge in [-0.05, 0) is 55.3 Å². The Balaban J connectivity index is 1.29. The van der Waals surface area contributed by atoms with Crippen LogP contribution < -0.4 is 10.2 Å². The smallest absolute Gasteiger partial charge is 0.239 e. The van der Waals surface area contributed by atoms with Gasteiger partial charge in [0.2, 0.25) is 5.91 Å². The second kappa shape index (κ2) is 9.30. The highest BCUT2D eigenvalue weighted by atomic mass is 35.5. The van der Waals surface area contributed by atoms with E-state index >= 15 is 0 Å². The van der Waals surface area contributed by atoms with Crippen molar-refractivity contribution in [2.45, 2.75) is 31.8 Å². The topological polar surface area (TPSA) is 53.4 Å². The van der Waals surface area contributed by atoms with Crippen LogP contribution in [0, 0.1) is 0 Å². The van der Waals surface area contributed by atoms with Crippen molar-refractivity contribution in [1.29, 1.82) is 0 Å². The van der Waals surface area contributed by atoms with Crippen LogP contribution in [0.1, 0.15) is 24.8 Å². The highest BCUT2D eigenvalue weighted by molar-refractivity contribution is 6.35. The lowest BCUT2D eigenvalue weighted by molar-refractivity contribution is -0.134. The molecule has 2 fully saturated rings. The number of rotatable bonds is 4. The number of benzene rings is 2. The normalized spacial score (nSPS) is 19.5. The molecule has 3 heterocycles. The van der Waals surface area contributed by atoms with Crippen molar-refractivity contribution in [3.63, 3.8) is 0 Å². The van der Waals surface area contributed by atoms with E-state index < -0.39 is 0 Å². The van der Waals surface area contributed by atoms with Gasteiger partial charge in [0.15, 0.2) is 0 Å². The summed E-state index contributed by atoms with van der Waals surface area (Å²) in [7, 11) is 0. The highest BCUT2D eigenvalue weighted by Crippen LogP contribution is 2.26. The third-order valence-corrected chi connectivity index (χ3v) is 7.12. The predicted octanol–water partition coefficient (Wildman–Crippen LogP) is 4.18. The van der Waals surface area contributed by atoms with Crippen LogP contribution in [0.15, 0.2) is 42.6 Å². The molecule has 0 bridgehead atoms. The Morgan fingerprint density at radius 2 is 1.91 bits per heavy atom. The molecule has 2 aliphatic heterocycles. The van der Waals surface area contributed by atoms with Gasteiger partial charge in [-0.3, -0.25) is 9.48 Å². The van der Waals surface area contributed by atoms with Gasteiger partial charge in [0.25, 0.3) is 0 Å². The van der Waals surface area contributed by atoms with Crippen LogP contribution in [0.3, 0.4) is 0 Å². The minimum absolute atomic E-state index is 0.000642. The monoisotopic (exact) mass is 471 g/mol. The fourth-order valence-electron chi connectivity index (χ4n) is 4.66. The minimum atomic E-state index is 0.000642. The zero-order valence-electron chi connectivity index (χ0n) is 17.9. The van der Waals surface area contributed by atoms with Gasteiger partial charge < -0.3 is 15.1 Å². The minimum Gasteiger partial charge on any atom is -0.368 e. The Morgan fingerprint density at radius 1 is 1.06 bits per heavy atom. The van der Waals surface area contributed by atoms with Crippen molar-refractivity contribution in [3.05, 3.63) is 58.2 Å². The molecule has 2 aromatic carbocycles. The van der Waals surface area contributed by atoms with E-state index in [1.165, 1.54) is 6.42 Å². The lowest BCUT2D eigenvalue weighted by atomic mass is 10.0. The maximum Gasteiger partial charge on any atom is 0.239 e. The van der Waals surface area contributed by atoms with Crippen molar-refractivity contribution < 1.29 is 4.79 Å². The number of anilines is 1. The summed E-state index contributed by atoms with van der Waals surface area (Å²) in [6.45, 7) is 4.72. The average molecular weight is 472 g/mol. The van der Waals surface area contributed by atoms with Gasteiger partial charge in [0.05, 0.1) is 24.3 Å². The molecule has 2 aliphatic rings. The molecule has 8 heteroatoms.